The first kappa shape index (κ1) is 12.3. The Morgan fingerprint density at radius 1 is 1.21 bits per heavy atom. The summed E-state index contributed by atoms with van der Waals surface area (Å²) in [6.45, 7) is 3.88. The molecule has 96 valence electrons. The van der Waals surface area contributed by atoms with Crippen molar-refractivity contribution in [1.82, 2.24) is 15.3 Å². The van der Waals surface area contributed by atoms with E-state index in [-0.39, 0.29) is 0 Å². The third kappa shape index (κ3) is 2.50. The van der Waals surface area contributed by atoms with Gasteiger partial charge in [-0.05, 0) is 11.9 Å². The van der Waals surface area contributed by atoms with Crippen LogP contribution in [0.3, 0.4) is 0 Å². The zero-order valence-corrected chi connectivity index (χ0v) is 11.6. The number of hydrogen-bond acceptors (Lipinski definition) is 4. The van der Waals surface area contributed by atoms with Crippen LogP contribution in [-0.4, -0.2) is 16.5 Å². The van der Waals surface area contributed by atoms with Gasteiger partial charge in [0.25, 0.3) is 0 Å². The van der Waals surface area contributed by atoms with Crippen molar-refractivity contribution in [3.63, 3.8) is 0 Å². The monoisotopic (exact) mass is 269 g/mol. The lowest BCUT2D eigenvalue weighted by Gasteiger charge is -2.02. The molecule has 0 bridgehead atoms. The van der Waals surface area contributed by atoms with Crippen LogP contribution in [0.4, 0.5) is 0 Å². The summed E-state index contributed by atoms with van der Waals surface area (Å²) in [7, 11) is 0. The van der Waals surface area contributed by atoms with Crippen LogP contribution in [0.1, 0.15) is 12.6 Å². The van der Waals surface area contributed by atoms with Gasteiger partial charge in [0.1, 0.15) is 5.01 Å². The van der Waals surface area contributed by atoms with Crippen molar-refractivity contribution in [1.29, 1.82) is 0 Å². The van der Waals surface area contributed by atoms with E-state index in [2.05, 4.69) is 45.8 Å². The highest BCUT2D eigenvalue weighted by Crippen LogP contribution is 2.29. The van der Waals surface area contributed by atoms with E-state index < -0.39 is 0 Å². The summed E-state index contributed by atoms with van der Waals surface area (Å²) in [5, 5.41) is 8.81. The van der Waals surface area contributed by atoms with Crippen molar-refractivity contribution >= 4 is 22.1 Å². The zero-order chi connectivity index (χ0) is 13.1. The van der Waals surface area contributed by atoms with Gasteiger partial charge in [0.2, 0.25) is 0 Å². The molecule has 0 aliphatic rings. The maximum atomic E-state index is 4.68. The van der Waals surface area contributed by atoms with E-state index in [1.807, 2.05) is 18.5 Å². The van der Waals surface area contributed by atoms with E-state index in [0.29, 0.717) is 0 Å². The molecule has 3 aromatic rings. The zero-order valence-electron chi connectivity index (χ0n) is 10.8. The maximum Gasteiger partial charge on any atom is 0.125 e. The van der Waals surface area contributed by atoms with E-state index in [1.54, 1.807) is 11.3 Å². The van der Waals surface area contributed by atoms with E-state index in [0.717, 1.165) is 34.7 Å². The van der Waals surface area contributed by atoms with Gasteiger partial charge in [0.05, 0.1) is 5.69 Å². The molecule has 0 radical (unpaired) electrons. The summed E-state index contributed by atoms with van der Waals surface area (Å²) in [5.41, 5.74) is 2.21. The average molecular weight is 269 g/mol. The maximum absolute atomic E-state index is 4.68. The molecule has 1 N–H and O–H groups in total. The largest absolute Gasteiger partial charge is 0.311 e. The lowest BCUT2D eigenvalue weighted by atomic mass is 10.1. The molecule has 4 heteroatoms. The van der Waals surface area contributed by atoms with Gasteiger partial charge >= 0.3 is 0 Å². The van der Waals surface area contributed by atoms with Gasteiger partial charge in [-0.25, -0.2) is 4.98 Å². The SMILES string of the molecule is CCNCc1csc(-c2cncc3ccccc23)n1. The predicted octanol–water partition coefficient (Wildman–Crippen LogP) is 3.47. The first-order valence-corrected chi connectivity index (χ1v) is 7.24. The van der Waals surface area contributed by atoms with Gasteiger partial charge in [-0.3, -0.25) is 4.98 Å². The summed E-state index contributed by atoms with van der Waals surface area (Å²) in [6.07, 6.45) is 3.80. The van der Waals surface area contributed by atoms with Gasteiger partial charge in [-0.15, -0.1) is 11.3 Å². The second-order valence-corrected chi connectivity index (χ2v) is 5.19. The van der Waals surface area contributed by atoms with Crippen LogP contribution < -0.4 is 5.32 Å². The molecule has 3 rings (SSSR count). The molecule has 0 spiro atoms. The quantitative estimate of drug-likeness (QED) is 0.788. The van der Waals surface area contributed by atoms with Crippen LogP contribution in [0.2, 0.25) is 0 Å². The van der Waals surface area contributed by atoms with E-state index in [9.17, 15) is 0 Å². The molecule has 0 amide bonds. The van der Waals surface area contributed by atoms with Crippen LogP contribution in [0.5, 0.6) is 0 Å². The Kier molecular flexibility index (Phi) is 3.53. The van der Waals surface area contributed by atoms with Crippen LogP contribution >= 0.6 is 11.3 Å². The Hall–Kier alpha value is -1.78. The van der Waals surface area contributed by atoms with Crippen LogP contribution in [0.15, 0.2) is 42.0 Å². The Labute approximate surface area is 116 Å². The molecule has 2 heterocycles. The summed E-state index contributed by atoms with van der Waals surface area (Å²) in [5.74, 6) is 0. The van der Waals surface area contributed by atoms with Crippen molar-refractivity contribution < 1.29 is 0 Å². The van der Waals surface area contributed by atoms with E-state index in [4.69, 9.17) is 0 Å². The smallest absolute Gasteiger partial charge is 0.125 e. The molecule has 0 saturated carbocycles. The van der Waals surface area contributed by atoms with Crippen LogP contribution in [0, 0.1) is 0 Å². The molecule has 0 aliphatic heterocycles. The molecule has 0 atom stereocenters. The van der Waals surface area contributed by atoms with E-state index >= 15 is 0 Å². The fraction of sp³-hybridized carbons (Fsp3) is 0.200. The first-order chi connectivity index (χ1) is 9.38. The molecule has 0 unspecified atom stereocenters. The molecule has 2 aromatic heterocycles. The number of fused-ring (bicyclic) bond motifs is 1. The lowest BCUT2D eigenvalue weighted by molar-refractivity contribution is 0.715. The third-order valence-electron chi connectivity index (χ3n) is 3.01. The molecule has 0 aliphatic carbocycles. The third-order valence-corrected chi connectivity index (χ3v) is 3.93. The summed E-state index contributed by atoms with van der Waals surface area (Å²) >= 11 is 1.68. The summed E-state index contributed by atoms with van der Waals surface area (Å²) in [4.78, 5) is 9.00. The number of aromatic nitrogens is 2. The van der Waals surface area contributed by atoms with Gasteiger partial charge in [-0.2, -0.15) is 0 Å². The number of nitrogens with zero attached hydrogens (tertiary/aromatic N) is 2. The van der Waals surface area contributed by atoms with Crippen LogP contribution in [0.25, 0.3) is 21.3 Å². The van der Waals surface area contributed by atoms with E-state index in [1.165, 1.54) is 5.39 Å². The molecular formula is C15H15N3S. The van der Waals surface area contributed by atoms with Gasteiger partial charge in [0, 0.05) is 35.3 Å². The highest BCUT2D eigenvalue weighted by Gasteiger charge is 2.08. The van der Waals surface area contributed by atoms with Crippen molar-refractivity contribution in [2.75, 3.05) is 6.54 Å². The van der Waals surface area contributed by atoms with Gasteiger partial charge in [-0.1, -0.05) is 31.2 Å². The number of thiazole rings is 1. The highest BCUT2D eigenvalue weighted by molar-refractivity contribution is 7.13. The second kappa shape index (κ2) is 5.47. The Bertz CT molecular complexity index is 685. The Morgan fingerprint density at radius 2 is 2.11 bits per heavy atom. The molecule has 0 saturated heterocycles. The average Bonchev–Trinajstić information content (AvgIpc) is 2.93. The molecule has 1 aromatic carbocycles. The Morgan fingerprint density at radius 3 is 3.00 bits per heavy atom. The minimum absolute atomic E-state index is 0.825. The van der Waals surface area contributed by atoms with Crippen molar-refractivity contribution in [2.45, 2.75) is 13.5 Å². The predicted molar refractivity (Wildman–Crippen MR) is 80.2 cm³/mol. The van der Waals surface area contributed by atoms with Gasteiger partial charge in [0.15, 0.2) is 0 Å². The first-order valence-electron chi connectivity index (χ1n) is 6.36. The number of pyridine rings is 1. The lowest BCUT2D eigenvalue weighted by Crippen LogP contribution is -2.11. The molecular weight excluding hydrogens is 254 g/mol. The number of benzene rings is 1. The fourth-order valence-corrected chi connectivity index (χ4v) is 2.90. The molecule has 19 heavy (non-hydrogen) atoms. The normalized spacial score (nSPS) is 11.0. The number of hydrogen-bond donors (Lipinski definition) is 1. The fourth-order valence-electron chi connectivity index (χ4n) is 2.05. The minimum Gasteiger partial charge on any atom is -0.311 e. The van der Waals surface area contributed by atoms with Crippen molar-refractivity contribution in [3.8, 4) is 10.6 Å². The second-order valence-electron chi connectivity index (χ2n) is 4.33. The summed E-state index contributed by atoms with van der Waals surface area (Å²) in [6, 6.07) is 8.29. The number of rotatable bonds is 4. The minimum atomic E-state index is 0.825. The highest BCUT2D eigenvalue weighted by atomic mass is 32.1. The van der Waals surface area contributed by atoms with Crippen molar-refractivity contribution in [2.24, 2.45) is 0 Å². The number of nitrogens with one attached hydrogen (secondary N) is 1. The van der Waals surface area contributed by atoms with Crippen molar-refractivity contribution in [3.05, 3.63) is 47.7 Å². The topological polar surface area (TPSA) is 37.8 Å². The molecule has 3 nitrogen and oxygen atoms in total. The van der Waals surface area contributed by atoms with Gasteiger partial charge < -0.3 is 5.32 Å². The standard InChI is InChI=1S/C15H15N3S/c1-2-16-8-12-10-19-15(18-12)14-9-17-7-11-5-3-4-6-13(11)14/h3-7,9-10,16H,2,8H2,1H3. The molecule has 0 fully saturated rings. The Balaban J connectivity index is 2.02. The summed E-state index contributed by atoms with van der Waals surface area (Å²) < 4.78 is 0. The van der Waals surface area contributed by atoms with Crippen LogP contribution in [-0.2, 0) is 6.54 Å².